The average molecular weight is 445 g/mol. The molecule has 0 aliphatic rings. The number of hydrogen-bond donors (Lipinski definition) is 1. The summed E-state index contributed by atoms with van der Waals surface area (Å²) in [5.41, 5.74) is 1.92. The second-order valence-corrected chi connectivity index (χ2v) is 10.3. The molecule has 0 saturated heterocycles. The van der Waals surface area contributed by atoms with Gasteiger partial charge in [-0.25, -0.2) is 4.79 Å². The minimum atomic E-state index is -1.08. The fraction of sp³-hybridized carbons (Fsp3) is 0.310. The summed E-state index contributed by atoms with van der Waals surface area (Å²) in [6, 6.07) is 21.2. The zero-order valence-electron chi connectivity index (χ0n) is 20.2. The van der Waals surface area contributed by atoms with Crippen molar-refractivity contribution >= 4 is 11.8 Å². The van der Waals surface area contributed by atoms with Crippen LogP contribution in [0.15, 0.2) is 72.8 Å². The first kappa shape index (κ1) is 24.2. The van der Waals surface area contributed by atoms with Crippen molar-refractivity contribution in [2.75, 3.05) is 0 Å². The van der Waals surface area contributed by atoms with Crippen molar-refractivity contribution in [2.24, 2.45) is 0 Å². The summed E-state index contributed by atoms with van der Waals surface area (Å²) in [5.74, 6) is -0.711. The summed E-state index contributed by atoms with van der Waals surface area (Å²) in [6.07, 6.45) is -1.08. The molecular formula is C29H32O4. The van der Waals surface area contributed by atoms with E-state index in [1.165, 1.54) is 0 Å². The number of ether oxygens (including phenoxy) is 1. The highest BCUT2D eigenvalue weighted by Gasteiger charge is 2.31. The molecule has 0 aliphatic heterocycles. The quantitative estimate of drug-likeness (QED) is 0.348. The zero-order valence-corrected chi connectivity index (χ0v) is 20.2. The molecule has 33 heavy (non-hydrogen) atoms. The van der Waals surface area contributed by atoms with Crippen LogP contribution in [0.4, 0.5) is 0 Å². The van der Waals surface area contributed by atoms with Crippen molar-refractivity contribution in [1.29, 1.82) is 0 Å². The highest BCUT2D eigenvalue weighted by atomic mass is 16.5. The predicted octanol–water partition coefficient (Wildman–Crippen LogP) is 6.77. The predicted molar refractivity (Wildman–Crippen MR) is 131 cm³/mol. The zero-order chi connectivity index (χ0) is 24.4. The van der Waals surface area contributed by atoms with Crippen LogP contribution in [0, 0.1) is 0 Å². The number of Topliss-reactive ketones (excluding diaryl/α,β-unsaturated/α-hetero) is 1. The first-order valence-corrected chi connectivity index (χ1v) is 11.1. The molecule has 4 nitrogen and oxygen atoms in total. The van der Waals surface area contributed by atoms with Gasteiger partial charge < -0.3 is 9.84 Å². The summed E-state index contributed by atoms with van der Waals surface area (Å²) < 4.78 is 5.84. The number of phenols is 1. The minimum absolute atomic E-state index is 0.187. The van der Waals surface area contributed by atoms with Gasteiger partial charge in [0.1, 0.15) is 5.75 Å². The third-order valence-electron chi connectivity index (χ3n) is 5.59. The van der Waals surface area contributed by atoms with E-state index in [2.05, 4.69) is 0 Å². The molecule has 1 atom stereocenters. The molecule has 0 amide bonds. The molecular weight excluding hydrogens is 412 g/mol. The molecule has 3 aromatic rings. The maximum Gasteiger partial charge on any atom is 0.339 e. The summed E-state index contributed by atoms with van der Waals surface area (Å²) in [6.45, 7) is 11.9. The van der Waals surface area contributed by atoms with Gasteiger partial charge in [0.05, 0.1) is 5.56 Å². The van der Waals surface area contributed by atoms with E-state index in [-0.39, 0.29) is 22.4 Å². The first-order chi connectivity index (χ1) is 15.4. The number of carbonyl (C=O) groups is 2. The Bertz CT molecular complexity index is 1100. The third-order valence-corrected chi connectivity index (χ3v) is 5.59. The lowest BCUT2D eigenvalue weighted by atomic mass is 9.78. The smallest absolute Gasteiger partial charge is 0.339 e. The van der Waals surface area contributed by atoms with E-state index in [0.717, 1.165) is 0 Å². The lowest BCUT2D eigenvalue weighted by molar-refractivity contribution is 0.0279. The fourth-order valence-electron chi connectivity index (χ4n) is 3.73. The molecule has 172 valence electrons. The molecule has 0 radical (unpaired) electrons. The number of hydrogen-bond acceptors (Lipinski definition) is 4. The molecule has 3 rings (SSSR count). The van der Waals surface area contributed by atoms with E-state index in [0.29, 0.717) is 27.8 Å². The molecule has 0 spiro atoms. The van der Waals surface area contributed by atoms with Crippen LogP contribution in [-0.2, 0) is 15.6 Å². The lowest BCUT2D eigenvalue weighted by Gasteiger charge is -2.28. The maximum atomic E-state index is 13.4. The van der Waals surface area contributed by atoms with E-state index in [4.69, 9.17) is 4.74 Å². The van der Waals surface area contributed by atoms with E-state index in [1.54, 1.807) is 48.5 Å². The van der Waals surface area contributed by atoms with Crippen LogP contribution >= 0.6 is 0 Å². The molecule has 4 heteroatoms. The number of benzene rings is 3. The second kappa shape index (κ2) is 9.22. The molecule has 3 aromatic carbocycles. The fourth-order valence-corrected chi connectivity index (χ4v) is 3.73. The third kappa shape index (κ3) is 5.51. The minimum Gasteiger partial charge on any atom is -0.507 e. The highest BCUT2D eigenvalue weighted by molar-refractivity contribution is 6.02. The van der Waals surface area contributed by atoms with Crippen LogP contribution < -0.4 is 0 Å². The Kier molecular flexibility index (Phi) is 6.78. The number of esters is 1. The Balaban J connectivity index is 2.06. The van der Waals surface area contributed by atoms with Gasteiger partial charge in [0.15, 0.2) is 6.10 Å². The van der Waals surface area contributed by atoms with Crippen molar-refractivity contribution in [3.8, 4) is 5.75 Å². The summed E-state index contributed by atoms with van der Waals surface area (Å²) >= 11 is 0. The Labute approximate surface area is 196 Å². The van der Waals surface area contributed by atoms with Crippen molar-refractivity contribution in [3.05, 3.63) is 101 Å². The van der Waals surface area contributed by atoms with Gasteiger partial charge in [0, 0.05) is 22.3 Å². The van der Waals surface area contributed by atoms with E-state index in [1.807, 2.05) is 65.8 Å². The Morgan fingerprint density at radius 3 is 1.64 bits per heavy atom. The van der Waals surface area contributed by atoms with Gasteiger partial charge in [0.2, 0.25) is 5.78 Å². The summed E-state index contributed by atoms with van der Waals surface area (Å²) in [7, 11) is 0. The monoisotopic (exact) mass is 444 g/mol. The summed E-state index contributed by atoms with van der Waals surface area (Å²) in [5, 5.41) is 11.0. The molecule has 1 unspecified atom stereocenters. The van der Waals surface area contributed by atoms with Gasteiger partial charge >= 0.3 is 5.97 Å². The SMILES string of the molecule is CC(C)(C)c1cc(C(=O)OC(C(=O)c2ccccc2)c2ccccc2)cc(C(C)(C)C)c1O. The number of carbonyl (C=O) groups excluding carboxylic acids is 2. The molecule has 1 N–H and O–H groups in total. The largest absolute Gasteiger partial charge is 0.507 e. The van der Waals surface area contributed by atoms with Crippen molar-refractivity contribution in [2.45, 2.75) is 58.5 Å². The van der Waals surface area contributed by atoms with Crippen LogP contribution in [0.3, 0.4) is 0 Å². The first-order valence-electron chi connectivity index (χ1n) is 11.1. The molecule has 0 bridgehead atoms. The van der Waals surface area contributed by atoms with Crippen molar-refractivity contribution < 1.29 is 19.4 Å². The normalized spacial score (nSPS) is 12.8. The number of ketones is 1. The Morgan fingerprint density at radius 2 is 1.18 bits per heavy atom. The van der Waals surface area contributed by atoms with Gasteiger partial charge in [-0.3, -0.25) is 4.79 Å². The second-order valence-electron chi connectivity index (χ2n) is 10.3. The Morgan fingerprint density at radius 1 is 0.727 bits per heavy atom. The number of rotatable bonds is 5. The maximum absolute atomic E-state index is 13.4. The molecule has 0 saturated carbocycles. The number of aromatic hydroxyl groups is 1. The lowest BCUT2D eigenvalue weighted by Crippen LogP contribution is -2.22. The van der Waals surface area contributed by atoms with Crippen molar-refractivity contribution in [1.82, 2.24) is 0 Å². The van der Waals surface area contributed by atoms with Crippen molar-refractivity contribution in [3.63, 3.8) is 0 Å². The van der Waals surface area contributed by atoms with Crippen LogP contribution in [0.1, 0.15) is 85.1 Å². The van der Waals surface area contributed by atoms with Crippen LogP contribution in [0.25, 0.3) is 0 Å². The molecule has 0 aliphatic carbocycles. The van der Waals surface area contributed by atoms with Crippen LogP contribution in [0.5, 0.6) is 5.75 Å². The van der Waals surface area contributed by atoms with Gasteiger partial charge in [0.25, 0.3) is 0 Å². The van der Waals surface area contributed by atoms with E-state index in [9.17, 15) is 14.7 Å². The van der Waals surface area contributed by atoms with E-state index >= 15 is 0 Å². The topological polar surface area (TPSA) is 63.6 Å². The summed E-state index contributed by atoms with van der Waals surface area (Å²) in [4.78, 5) is 26.7. The molecule has 0 heterocycles. The molecule has 0 fully saturated rings. The molecule has 0 aromatic heterocycles. The Hall–Kier alpha value is -3.40. The van der Waals surface area contributed by atoms with E-state index < -0.39 is 12.1 Å². The van der Waals surface area contributed by atoms with Gasteiger partial charge in [-0.1, -0.05) is 102 Å². The highest BCUT2D eigenvalue weighted by Crippen LogP contribution is 2.40. The van der Waals surface area contributed by atoms with Gasteiger partial charge in [-0.05, 0) is 23.0 Å². The van der Waals surface area contributed by atoms with Gasteiger partial charge in [-0.15, -0.1) is 0 Å². The van der Waals surface area contributed by atoms with Gasteiger partial charge in [-0.2, -0.15) is 0 Å². The van der Waals surface area contributed by atoms with Crippen LogP contribution in [-0.4, -0.2) is 16.9 Å². The number of phenolic OH excluding ortho intramolecular Hbond substituents is 1. The average Bonchev–Trinajstić information content (AvgIpc) is 2.76. The standard InChI is InChI=1S/C29H32O4/c1-28(2,3)22-17-21(18-23(25(22)31)29(4,5)6)27(32)33-26(20-15-11-8-12-16-20)24(30)19-13-9-7-10-14-19/h7-18,26,31H,1-6H3. The van der Waals surface area contributed by atoms with Crippen LogP contribution in [0.2, 0.25) is 0 Å².